The molecule has 1 fully saturated rings. The van der Waals surface area contributed by atoms with Gasteiger partial charge in [0.25, 0.3) is 0 Å². The lowest BCUT2D eigenvalue weighted by molar-refractivity contribution is -0.138. The molecule has 1 aliphatic rings. The molecule has 4 aromatic rings. The molecule has 0 aliphatic heterocycles. The molecule has 308 valence electrons. The van der Waals surface area contributed by atoms with E-state index in [-0.39, 0.29) is 24.1 Å². The summed E-state index contributed by atoms with van der Waals surface area (Å²) in [5.74, 6) is 0.763. The maximum Gasteiger partial charge on any atom is 0.330 e. The molecule has 10 heteroatoms. The molecule has 2 atom stereocenters. The second kappa shape index (κ2) is 25.1. The molecule has 0 amide bonds. The van der Waals surface area contributed by atoms with Crippen LogP contribution >= 0.6 is 0 Å². The van der Waals surface area contributed by atoms with Crippen molar-refractivity contribution < 1.29 is 38.0 Å². The van der Waals surface area contributed by atoms with Crippen LogP contribution in [0.2, 0.25) is 0 Å². The van der Waals surface area contributed by atoms with Crippen LogP contribution in [-0.2, 0) is 41.8 Å². The van der Waals surface area contributed by atoms with E-state index >= 15 is 0 Å². The Hall–Kier alpha value is -5.32. The molecule has 0 saturated heterocycles. The third kappa shape index (κ3) is 15.6. The van der Waals surface area contributed by atoms with Gasteiger partial charge in [0, 0.05) is 23.3 Å². The van der Waals surface area contributed by atoms with Crippen molar-refractivity contribution in [3.8, 4) is 34.0 Å². The fraction of sp³-hybridized carbons (Fsp3) is 0.417. The van der Waals surface area contributed by atoms with E-state index < -0.39 is 0 Å². The number of benzene rings is 2. The Morgan fingerprint density at radius 2 is 0.931 bits per heavy atom. The molecule has 0 unspecified atom stereocenters. The van der Waals surface area contributed by atoms with Gasteiger partial charge in [-0.3, -0.25) is 9.97 Å². The predicted molar refractivity (Wildman–Crippen MR) is 225 cm³/mol. The van der Waals surface area contributed by atoms with Crippen molar-refractivity contribution in [2.24, 2.45) is 0 Å². The normalized spacial score (nSPS) is 15.0. The highest BCUT2D eigenvalue weighted by Gasteiger charge is 2.26. The third-order valence-electron chi connectivity index (χ3n) is 9.98. The first-order valence-electron chi connectivity index (χ1n) is 20.7. The zero-order chi connectivity index (χ0) is 40.6. The molecule has 1 aliphatic carbocycles. The Bertz CT molecular complexity index is 1680. The van der Waals surface area contributed by atoms with E-state index in [2.05, 4.69) is 71.7 Å². The van der Waals surface area contributed by atoms with E-state index in [4.69, 9.17) is 28.4 Å². The second-order valence-electron chi connectivity index (χ2n) is 14.4. The van der Waals surface area contributed by atoms with Gasteiger partial charge in [-0.2, -0.15) is 0 Å². The van der Waals surface area contributed by atoms with E-state index in [1.54, 1.807) is 12.4 Å². The number of nitrogens with zero attached hydrogens (tertiary/aromatic N) is 2. The first-order chi connectivity index (χ1) is 28.5. The van der Waals surface area contributed by atoms with Gasteiger partial charge in [-0.05, 0) is 99.6 Å². The Labute approximate surface area is 343 Å². The number of hydrogen-bond donors (Lipinski definition) is 0. The third-order valence-corrected chi connectivity index (χ3v) is 9.98. The SMILES string of the molecule is C=CC(=O)OCCCCCCOc1ccc(-c2ccc(CO[C@@H]3CCCC[C@H]3OCc3ccc(-c4ccc(OCCCCCCOC(=O)C=C)cn4)cc3)cc2)nc1. The molecular formula is C48H58N2O8. The molecule has 2 aromatic heterocycles. The Morgan fingerprint density at radius 1 is 0.534 bits per heavy atom. The van der Waals surface area contributed by atoms with E-state index in [0.29, 0.717) is 39.6 Å². The summed E-state index contributed by atoms with van der Waals surface area (Å²) in [6.07, 6.45) is 17.8. The molecule has 0 spiro atoms. The lowest BCUT2D eigenvalue weighted by Crippen LogP contribution is -2.34. The largest absolute Gasteiger partial charge is 0.492 e. The van der Waals surface area contributed by atoms with Crippen LogP contribution in [0.15, 0.2) is 111 Å². The first-order valence-corrected chi connectivity index (χ1v) is 20.7. The average molecular weight is 791 g/mol. The quantitative estimate of drug-likeness (QED) is 0.0346. The van der Waals surface area contributed by atoms with Crippen LogP contribution < -0.4 is 9.47 Å². The van der Waals surface area contributed by atoms with Gasteiger partial charge in [0.15, 0.2) is 0 Å². The molecule has 58 heavy (non-hydrogen) atoms. The molecule has 2 aromatic carbocycles. The predicted octanol–water partition coefficient (Wildman–Crippen LogP) is 10.2. The summed E-state index contributed by atoms with van der Waals surface area (Å²) >= 11 is 0. The van der Waals surface area contributed by atoms with Crippen molar-refractivity contribution in [2.45, 2.75) is 102 Å². The standard InChI is InChI=1S/C48H58N2O8/c1-3-47(51)55-31-13-7-5-11-29-53-41-25-27-43(49-33-41)39-21-17-37(18-22-39)35-57-45-15-9-10-16-46(45)58-36-38-19-23-40(24-20-38)44-28-26-42(34-50-44)54-30-12-6-8-14-32-56-48(52)4-2/h3-4,17-28,33-34,45-46H,1-2,5-16,29-32,35-36H2/t45-,46-/m1/s1. The molecule has 0 radical (unpaired) electrons. The average Bonchev–Trinajstić information content (AvgIpc) is 3.27. The number of ether oxygens (including phenoxy) is 6. The van der Waals surface area contributed by atoms with Gasteiger partial charge in [-0.25, -0.2) is 9.59 Å². The van der Waals surface area contributed by atoms with E-state index in [1.165, 1.54) is 12.2 Å². The first kappa shape index (κ1) is 43.8. The van der Waals surface area contributed by atoms with Gasteiger partial charge in [0.05, 0.1) is 75.6 Å². The number of pyridine rings is 2. The van der Waals surface area contributed by atoms with E-state index in [0.717, 1.165) is 122 Å². The smallest absolute Gasteiger partial charge is 0.330 e. The van der Waals surface area contributed by atoms with Crippen LogP contribution in [0.25, 0.3) is 22.5 Å². The monoisotopic (exact) mass is 790 g/mol. The molecule has 1 saturated carbocycles. The number of unbranched alkanes of at least 4 members (excludes halogenated alkanes) is 6. The van der Waals surface area contributed by atoms with Crippen LogP contribution in [0.5, 0.6) is 11.5 Å². The van der Waals surface area contributed by atoms with Crippen LogP contribution in [0.1, 0.15) is 88.2 Å². The van der Waals surface area contributed by atoms with Crippen molar-refractivity contribution in [1.29, 1.82) is 0 Å². The fourth-order valence-corrected chi connectivity index (χ4v) is 6.63. The summed E-state index contributed by atoms with van der Waals surface area (Å²) in [6.45, 7) is 9.96. The van der Waals surface area contributed by atoms with Gasteiger partial charge in [-0.15, -0.1) is 0 Å². The van der Waals surface area contributed by atoms with Crippen molar-refractivity contribution >= 4 is 11.9 Å². The topological polar surface area (TPSA) is 115 Å². The summed E-state index contributed by atoms with van der Waals surface area (Å²) in [5.41, 5.74) is 6.11. The summed E-state index contributed by atoms with van der Waals surface area (Å²) in [4.78, 5) is 31.4. The Kier molecular flexibility index (Phi) is 19.0. The second-order valence-corrected chi connectivity index (χ2v) is 14.4. The summed E-state index contributed by atoms with van der Waals surface area (Å²) < 4.78 is 34.6. The van der Waals surface area contributed by atoms with Crippen LogP contribution in [0.3, 0.4) is 0 Å². The van der Waals surface area contributed by atoms with Gasteiger partial charge in [0.2, 0.25) is 0 Å². The molecular weight excluding hydrogens is 733 g/mol. The summed E-state index contributed by atoms with van der Waals surface area (Å²) in [7, 11) is 0. The lowest BCUT2D eigenvalue weighted by Gasteiger charge is -2.31. The molecule has 2 heterocycles. The number of rotatable bonds is 26. The van der Waals surface area contributed by atoms with Crippen molar-refractivity contribution in [3.05, 3.63) is 122 Å². The Balaban J connectivity index is 0.975. The number of esters is 2. The van der Waals surface area contributed by atoms with Gasteiger partial charge >= 0.3 is 11.9 Å². The number of hydrogen-bond acceptors (Lipinski definition) is 10. The van der Waals surface area contributed by atoms with Crippen LogP contribution in [0.4, 0.5) is 0 Å². The minimum atomic E-state index is -0.372. The highest BCUT2D eigenvalue weighted by Crippen LogP contribution is 2.27. The highest BCUT2D eigenvalue weighted by atomic mass is 16.5. The number of carbonyl (C=O) groups is 2. The van der Waals surface area contributed by atoms with Gasteiger partial charge in [0.1, 0.15) is 11.5 Å². The minimum absolute atomic E-state index is 0.0582. The minimum Gasteiger partial charge on any atom is -0.492 e. The van der Waals surface area contributed by atoms with E-state index in [1.807, 2.05) is 24.3 Å². The van der Waals surface area contributed by atoms with Crippen LogP contribution in [0, 0.1) is 0 Å². The zero-order valence-electron chi connectivity index (χ0n) is 33.7. The van der Waals surface area contributed by atoms with Gasteiger partial charge < -0.3 is 28.4 Å². The van der Waals surface area contributed by atoms with Crippen molar-refractivity contribution in [3.63, 3.8) is 0 Å². The summed E-state index contributed by atoms with van der Waals surface area (Å²) in [5, 5.41) is 0. The van der Waals surface area contributed by atoms with Crippen molar-refractivity contribution in [1.82, 2.24) is 9.97 Å². The highest BCUT2D eigenvalue weighted by molar-refractivity contribution is 5.81. The molecule has 5 rings (SSSR count). The maximum atomic E-state index is 11.1. The fourth-order valence-electron chi connectivity index (χ4n) is 6.63. The van der Waals surface area contributed by atoms with Crippen molar-refractivity contribution in [2.75, 3.05) is 26.4 Å². The Morgan fingerprint density at radius 3 is 1.29 bits per heavy atom. The molecule has 0 N–H and O–H groups in total. The zero-order valence-corrected chi connectivity index (χ0v) is 33.7. The lowest BCUT2D eigenvalue weighted by atomic mass is 9.94. The number of aromatic nitrogens is 2. The maximum absolute atomic E-state index is 11.1. The van der Waals surface area contributed by atoms with Crippen LogP contribution in [-0.4, -0.2) is 60.5 Å². The van der Waals surface area contributed by atoms with E-state index in [9.17, 15) is 9.59 Å². The molecule has 0 bridgehead atoms. The summed E-state index contributed by atoms with van der Waals surface area (Å²) in [6, 6.07) is 24.7. The van der Waals surface area contributed by atoms with Gasteiger partial charge in [-0.1, -0.05) is 74.5 Å². The molecule has 10 nitrogen and oxygen atoms in total. The number of carbonyl (C=O) groups excluding carboxylic acids is 2.